The van der Waals surface area contributed by atoms with Gasteiger partial charge in [0.2, 0.25) is 11.8 Å². The molecule has 6 heteroatoms. The van der Waals surface area contributed by atoms with Crippen LogP contribution in [-0.2, 0) is 10.8 Å². The van der Waals surface area contributed by atoms with Crippen LogP contribution in [0, 0.1) is 0 Å². The normalized spacial score (nSPS) is 12.8. The molecule has 0 saturated carbocycles. The van der Waals surface area contributed by atoms with Gasteiger partial charge in [-0.1, -0.05) is 302 Å². The van der Waals surface area contributed by atoms with Crippen molar-refractivity contribution in [2.24, 2.45) is 0 Å². The summed E-state index contributed by atoms with van der Waals surface area (Å²) in [5, 5.41) is 0. The molecule has 6 nitrogen and oxygen atoms in total. The Morgan fingerprint density at radius 3 is 1.00 bits per heavy atom. The highest BCUT2D eigenvalue weighted by Gasteiger charge is 2.44. The van der Waals surface area contributed by atoms with Crippen molar-refractivity contribution in [2.75, 3.05) is 0 Å². The molecule has 4 heterocycles. The molecule has 0 bridgehead atoms. The van der Waals surface area contributed by atoms with E-state index in [9.17, 15) is 0 Å². The summed E-state index contributed by atoms with van der Waals surface area (Å²) in [4.78, 5) is 24.5. The van der Waals surface area contributed by atoms with E-state index in [0.717, 1.165) is 169 Å². The zero-order chi connectivity index (χ0) is 74.8. The zero-order valence-electron chi connectivity index (χ0n) is 63.2. The first kappa shape index (κ1) is 69.7. The van der Waals surface area contributed by atoms with Gasteiger partial charge in [0, 0.05) is 63.8 Å². The van der Waals surface area contributed by atoms with E-state index in [1.807, 2.05) is 48.8 Å². The topological polar surface area (TPSA) is 73.7 Å². The van der Waals surface area contributed by atoms with Gasteiger partial charge in [-0.3, -0.25) is 9.97 Å². The van der Waals surface area contributed by atoms with E-state index in [0.29, 0.717) is 17.6 Å². The Bertz CT molecular complexity index is 5930. The number of fused-ring (bicyclic) bond motifs is 6. The Labute approximate surface area is 652 Å². The fourth-order valence-corrected chi connectivity index (χ4v) is 18.2. The Morgan fingerprint density at radius 2 is 0.568 bits per heavy atom. The van der Waals surface area contributed by atoms with E-state index in [1.54, 1.807) is 6.20 Å². The maximum Gasteiger partial charge on any atom is 0.224 e. The summed E-state index contributed by atoms with van der Waals surface area (Å²) in [6.07, 6.45) is 14.3. The molecule has 4 aromatic heterocycles. The minimum Gasteiger partial charge on any atom is -0.421 e. The summed E-state index contributed by atoms with van der Waals surface area (Å²) in [7, 11) is 0. The number of ether oxygens (including phenoxy) is 1. The first-order chi connectivity index (χ1) is 54.8. The molecule has 536 valence electrons. The van der Waals surface area contributed by atoms with E-state index in [-0.39, 0.29) is 10.8 Å². The SMILES string of the molecule is CCCC1(CCC)c2ccccc2-c2ccc(-c3ccc4c(c3)C(CCC)(CCC)c3cc(-c5cc(Oc6ccnc(-c7ccc(-c8ccccc8-c8cc(-c9ccccc9-c9ccc(-c%10ccccn%10)cc9)cc(-c9ccccc9-c9ccc(-c%10ccccn%10)cc9)c8)cc7)n6)nc(-c6ccccc6)c5)ccc3-4)cc21. The predicted molar refractivity (Wildman–Crippen MR) is 459 cm³/mol. The lowest BCUT2D eigenvalue weighted by Gasteiger charge is -2.33. The maximum absolute atomic E-state index is 6.85. The van der Waals surface area contributed by atoms with Gasteiger partial charge in [0.15, 0.2) is 5.82 Å². The third-order valence-corrected chi connectivity index (χ3v) is 23.1. The molecular formula is C105H85N5O. The Morgan fingerprint density at radius 1 is 0.216 bits per heavy atom. The molecule has 2 aliphatic carbocycles. The van der Waals surface area contributed by atoms with Gasteiger partial charge in [0.1, 0.15) is 0 Å². The molecule has 2 aliphatic rings. The summed E-state index contributed by atoms with van der Waals surface area (Å²) in [6, 6.07) is 119. The van der Waals surface area contributed by atoms with Crippen LogP contribution in [0.3, 0.4) is 0 Å². The molecule has 0 radical (unpaired) electrons. The van der Waals surface area contributed by atoms with E-state index in [4.69, 9.17) is 19.7 Å². The van der Waals surface area contributed by atoms with Crippen molar-refractivity contribution in [3.8, 4) is 168 Å². The molecule has 0 unspecified atom stereocenters. The molecule has 0 amide bonds. The van der Waals surface area contributed by atoms with Crippen molar-refractivity contribution < 1.29 is 4.74 Å². The maximum atomic E-state index is 6.85. The highest BCUT2D eigenvalue weighted by Crippen LogP contribution is 2.58. The number of hydrogen-bond donors (Lipinski definition) is 0. The largest absolute Gasteiger partial charge is 0.421 e. The molecule has 16 aromatic rings. The van der Waals surface area contributed by atoms with E-state index >= 15 is 0 Å². The van der Waals surface area contributed by atoms with Crippen LogP contribution in [0.1, 0.15) is 101 Å². The number of aromatic nitrogens is 5. The molecule has 0 fully saturated rings. The van der Waals surface area contributed by atoms with Gasteiger partial charge in [-0.2, -0.15) is 4.98 Å². The standard InChI is InChI=1S/C105H85N5O/c1-5-55-104(56-6-2)94-33-19-18-32-90(94)91-51-48-77(65-95(91)104)78-49-52-92-93-53-50-79(67-97(93)105(57-7-3,58-8-4)96(92)66-78)80-68-100(73-24-10-9-11-25-73)109-102(69-80)111-101-54-61-108-103(110-101)76-46-40-72(41-47-76)86-28-14-17-31-89(86)83-63-81(87-29-15-12-26-84(87)70-36-42-74(43-37-70)98-34-20-22-59-106-98)62-82(64-83)88-30-16-13-27-85(88)71-38-44-75(45-39-71)99-35-21-23-60-107-99/h9-54,59-69H,5-8,55-58H2,1-4H3. The molecule has 0 atom stereocenters. The van der Waals surface area contributed by atoms with Crippen molar-refractivity contribution >= 4 is 0 Å². The fourth-order valence-electron chi connectivity index (χ4n) is 18.2. The van der Waals surface area contributed by atoms with E-state index in [1.165, 1.54) is 55.6 Å². The van der Waals surface area contributed by atoms with Crippen molar-refractivity contribution in [2.45, 2.75) is 89.9 Å². The zero-order valence-corrected chi connectivity index (χ0v) is 63.2. The second-order valence-corrected chi connectivity index (χ2v) is 29.9. The summed E-state index contributed by atoms with van der Waals surface area (Å²) in [5.74, 6) is 1.40. The number of pyridine rings is 3. The van der Waals surface area contributed by atoms with E-state index < -0.39 is 0 Å². The summed E-state index contributed by atoms with van der Waals surface area (Å²) in [6.45, 7) is 9.40. The average Bonchev–Trinajstić information content (AvgIpc) is 1.56. The van der Waals surface area contributed by atoms with Crippen LogP contribution < -0.4 is 4.74 Å². The third kappa shape index (κ3) is 13.1. The van der Waals surface area contributed by atoms with Crippen molar-refractivity contribution in [3.63, 3.8) is 0 Å². The highest BCUT2D eigenvalue weighted by atomic mass is 16.5. The quantitative estimate of drug-likeness (QED) is 0.0673. The van der Waals surface area contributed by atoms with Crippen LogP contribution in [0.5, 0.6) is 11.8 Å². The molecule has 12 aromatic carbocycles. The fraction of sp³-hybridized carbons (Fsp3) is 0.133. The molecule has 18 rings (SSSR count). The van der Waals surface area contributed by atoms with Gasteiger partial charge in [0.05, 0.1) is 17.1 Å². The Hall–Kier alpha value is -13.0. The Kier molecular flexibility index (Phi) is 19.0. The first-order valence-corrected chi connectivity index (χ1v) is 39.5. The van der Waals surface area contributed by atoms with Crippen LogP contribution in [0.15, 0.2) is 346 Å². The summed E-state index contributed by atoms with van der Waals surface area (Å²) < 4.78 is 6.85. The second kappa shape index (κ2) is 30.2. The molecule has 0 N–H and O–H groups in total. The number of rotatable bonds is 22. The minimum atomic E-state index is -0.167. The van der Waals surface area contributed by atoms with Crippen molar-refractivity contribution in [1.29, 1.82) is 0 Å². The van der Waals surface area contributed by atoms with Crippen LogP contribution in [-0.4, -0.2) is 24.9 Å². The van der Waals surface area contributed by atoms with Crippen LogP contribution in [0.25, 0.3) is 156 Å². The minimum absolute atomic E-state index is 0.0214. The van der Waals surface area contributed by atoms with Crippen molar-refractivity contribution in [3.05, 3.63) is 368 Å². The Balaban J connectivity index is 0.666. The van der Waals surface area contributed by atoms with Gasteiger partial charge in [0.25, 0.3) is 0 Å². The summed E-state index contributed by atoms with van der Waals surface area (Å²) >= 11 is 0. The number of hydrogen-bond acceptors (Lipinski definition) is 6. The molecular weight excluding hydrogens is 1350 g/mol. The average molecular weight is 1430 g/mol. The molecule has 0 spiro atoms. The lowest BCUT2D eigenvalue weighted by Crippen LogP contribution is -2.25. The highest BCUT2D eigenvalue weighted by molar-refractivity contribution is 5.96. The van der Waals surface area contributed by atoms with Gasteiger partial charge < -0.3 is 4.74 Å². The van der Waals surface area contributed by atoms with Gasteiger partial charge >= 0.3 is 0 Å². The number of nitrogens with zero attached hydrogens (tertiary/aromatic N) is 5. The van der Waals surface area contributed by atoms with Gasteiger partial charge in [-0.15, -0.1) is 0 Å². The monoisotopic (exact) mass is 1430 g/mol. The van der Waals surface area contributed by atoms with Gasteiger partial charge in [-0.05, 0) is 226 Å². The van der Waals surface area contributed by atoms with Crippen LogP contribution in [0.4, 0.5) is 0 Å². The second-order valence-electron chi connectivity index (χ2n) is 29.9. The van der Waals surface area contributed by atoms with Gasteiger partial charge in [-0.25, -0.2) is 9.97 Å². The lowest BCUT2D eigenvalue weighted by molar-refractivity contribution is 0.435. The van der Waals surface area contributed by atoms with Crippen LogP contribution >= 0.6 is 0 Å². The smallest absolute Gasteiger partial charge is 0.224 e. The molecule has 0 saturated heterocycles. The number of benzene rings is 12. The lowest BCUT2D eigenvalue weighted by atomic mass is 9.70. The van der Waals surface area contributed by atoms with Crippen molar-refractivity contribution in [1.82, 2.24) is 24.9 Å². The van der Waals surface area contributed by atoms with Crippen LogP contribution in [0.2, 0.25) is 0 Å². The predicted octanol–water partition coefficient (Wildman–Crippen LogP) is 28.2. The first-order valence-electron chi connectivity index (χ1n) is 39.5. The summed E-state index contributed by atoms with van der Waals surface area (Å²) in [5.41, 5.74) is 36.0. The van der Waals surface area contributed by atoms with E-state index in [2.05, 4.69) is 329 Å². The third-order valence-electron chi connectivity index (χ3n) is 23.1. The molecule has 0 aliphatic heterocycles. The molecule has 111 heavy (non-hydrogen) atoms.